The number of nitrogens with one attached hydrogen (secondary N) is 1. The van der Waals surface area contributed by atoms with Gasteiger partial charge in [0, 0.05) is 0 Å². The highest BCUT2D eigenvalue weighted by molar-refractivity contribution is 7.89. The first-order valence-electron chi connectivity index (χ1n) is 8.39. The van der Waals surface area contributed by atoms with Gasteiger partial charge in [-0.15, -0.1) is 0 Å². The molecule has 0 bridgehead atoms. The average molecular weight is 375 g/mol. The summed E-state index contributed by atoms with van der Waals surface area (Å²) in [6.07, 6.45) is 0. The minimum Gasteiger partial charge on any atom is -0.460 e. The van der Waals surface area contributed by atoms with Crippen LogP contribution in [0.15, 0.2) is 53.4 Å². The second kappa shape index (κ2) is 8.01. The lowest BCUT2D eigenvalue weighted by atomic mass is 9.87. The molecule has 140 valence electrons. The van der Waals surface area contributed by atoms with Crippen molar-refractivity contribution in [3.63, 3.8) is 0 Å². The molecule has 0 atom stereocenters. The van der Waals surface area contributed by atoms with Crippen LogP contribution in [0, 0.1) is 6.92 Å². The summed E-state index contributed by atoms with van der Waals surface area (Å²) in [5.74, 6) is -0.624. The number of hydrogen-bond donors (Lipinski definition) is 1. The Labute approximate surface area is 155 Å². The summed E-state index contributed by atoms with van der Waals surface area (Å²) in [6, 6.07) is 14.2. The number of ether oxygens (including phenoxy) is 1. The number of rotatable bonds is 6. The summed E-state index contributed by atoms with van der Waals surface area (Å²) in [4.78, 5) is 11.9. The number of aryl methyl sites for hydroxylation is 1. The number of sulfonamides is 1. The third-order valence-corrected chi connectivity index (χ3v) is 5.37. The maximum atomic E-state index is 12.1. The monoisotopic (exact) mass is 375 g/mol. The fourth-order valence-corrected chi connectivity index (χ4v) is 3.24. The Morgan fingerprint density at radius 3 is 2.12 bits per heavy atom. The van der Waals surface area contributed by atoms with Crippen molar-refractivity contribution < 1.29 is 17.9 Å². The van der Waals surface area contributed by atoms with Crippen LogP contribution in [-0.4, -0.2) is 20.9 Å². The number of carbonyl (C=O) groups excluding carboxylic acids is 1. The molecule has 1 N–H and O–H groups in total. The van der Waals surface area contributed by atoms with Crippen LogP contribution in [0.25, 0.3) is 0 Å². The van der Waals surface area contributed by atoms with Gasteiger partial charge in [-0.3, -0.25) is 4.79 Å². The van der Waals surface area contributed by atoms with Crippen molar-refractivity contribution in [2.75, 3.05) is 6.54 Å². The molecule has 2 rings (SSSR count). The first kappa shape index (κ1) is 20.1. The average Bonchev–Trinajstić information content (AvgIpc) is 2.58. The largest absolute Gasteiger partial charge is 0.460 e. The summed E-state index contributed by atoms with van der Waals surface area (Å²) >= 11 is 0. The second-order valence-electron chi connectivity index (χ2n) is 7.25. The van der Waals surface area contributed by atoms with Gasteiger partial charge in [-0.05, 0) is 35.6 Å². The lowest BCUT2D eigenvalue weighted by molar-refractivity contribution is -0.143. The Morgan fingerprint density at radius 1 is 1.00 bits per heavy atom. The van der Waals surface area contributed by atoms with E-state index in [1.807, 2.05) is 31.2 Å². The topological polar surface area (TPSA) is 72.5 Å². The number of benzene rings is 2. The van der Waals surface area contributed by atoms with Gasteiger partial charge in [-0.2, -0.15) is 4.72 Å². The van der Waals surface area contributed by atoms with Gasteiger partial charge in [-0.25, -0.2) is 8.42 Å². The molecule has 0 saturated heterocycles. The predicted molar refractivity (Wildman–Crippen MR) is 101 cm³/mol. The molecule has 0 aliphatic heterocycles. The molecule has 0 spiro atoms. The van der Waals surface area contributed by atoms with E-state index in [1.165, 1.54) is 17.7 Å². The Bertz CT molecular complexity index is 848. The van der Waals surface area contributed by atoms with Crippen LogP contribution >= 0.6 is 0 Å². The fraction of sp³-hybridized carbons (Fsp3) is 0.350. The molecule has 0 unspecified atom stereocenters. The molecule has 0 fully saturated rings. The molecule has 2 aromatic carbocycles. The van der Waals surface area contributed by atoms with Gasteiger partial charge >= 0.3 is 5.97 Å². The van der Waals surface area contributed by atoms with Crippen molar-refractivity contribution in [1.82, 2.24) is 4.72 Å². The van der Waals surface area contributed by atoms with Crippen LogP contribution < -0.4 is 4.72 Å². The second-order valence-corrected chi connectivity index (χ2v) is 9.01. The van der Waals surface area contributed by atoms with Crippen molar-refractivity contribution in [1.29, 1.82) is 0 Å². The SMILES string of the molecule is Cc1ccc(S(=O)(=O)NCC(=O)OCc2ccc(C(C)(C)C)cc2)cc1. The van der Waals surface area contributed by atoms with Crippen LogP contribution in [0.5, 0.6) is 0 Å². The third-order valence-electron chi connectivity index (χ3n) is 3.96. The van der Waals surface area contributed by atoms with E-state index in [9.17, 15) is 13.2 Å². The van der Waals surface area contributed by atoms with Crippen molar-refractivity contribution in [3.05, 3.63) is 65.2 Å². The molecule has 26 heavy (non-hydrogen) atoms. The molecule has 0 aliphatic carbocycles. The standard InChI is InChI=1S/C20H25NO4S/c1-15-5-11-18(12-6-15)26(23,24)21-13-19(22)25-14-16-7-9-17(10-8-16)20(2,3)4/h5-12,21H,13-14H2,1-4H3. The smallest absolute Gasteiger partial charge is 0.321 e. The minimum absolute atomic E-state index is 0.0590. The normalized spacial score (nSPS) is 12.0. The molecule has 6 heteroatoms. The number of hydrogen-bond acceptors (Lipinski definition) is 4. The predicted octanol–water partition coefficient (Wildman–Crippen LogP) is 3.31. The van der Waals surface area contributed by atoms with Gasteiger partial charge in [0.25, 0.3) is 0 Å². The number of esters is 1. The molecule has 0 radical (unpaired) electrons. The van der Waals surface area contributed by atoms with Crippen LogP contribution in [0.3, 0.4) is 0 Å². The molecule has 0 saturated carbocycles. The summed E-state index contributed by atoms with van der Waals surface area (Å²) in [5.41, 5.74) is 3.07. The van der Waals surface area contributed by atoms with E-state index in [1.54, 1.807) is 12.1 Å². The minimum atomic E-state index is -3.73. The first-order valence-corrected chi connectivity index (χ1v) is 9.88. The zero-order valence-corrected chi connectivity index (χ0v) is 16.4. The maximum absolute atomic E-state index is 12.1. The Balaban J connectivity index is 1.86. The molecular formula is C20H25NO4S. The highest BCUT2D eigenvalue weighted by Crippen LogP contribution is 2.22. The van der Waals surface area contributed by atoms with Gasteiger partial charge in [0.15, 0.2) is 0 Å². The number of carbonyl (C=O) groups is 1. The quantitative estimate of drug-likeness (QED) is 0.786. The highest BCUT2D eigenvalue weighted by atomic mass is 32.2. The maximum Gasteiger partial charge on any atom is 0.321 e. The Morgan fingerprint density at radius 2 is 1.58 bits per heavy atom. The van der Waals surface area contributed by atoms with E-state index < -0.39 is 22.5 Å². The summed E-state index contributed by atoms with van der Waals surface area (Å²) < 4.78 is 31.7. The lowest BCUT2D eigenvalue weighted by Gasteiger charge is -2.19. The van der Waals surface area contributed by atoms with Gasteiger partial charge in [0.1, 0.15) is 13.2 Å². The van der Waals surface area contributed by atoms with Crippen molar-refractivity contribution in [2.45, 2.75) is 44.6 Å². The van der Waals surface area contributed by atoms with E-state index in [0.717, 1.165) is 11.1 Å². The Hall–Kier alpha value is -2.18. The van der Waals surface area contributed by atoms with Crippen LogP contribution in [0.1, 0.15) is 37.5 Å². The van der Waals surface area contributed by atoms with Crippen LogP contribution in [0.4, 0.5) is 0 Å². The van der Waals surface area contributed by atoms with Gasteiger partial charge in [-0.1, -0.05) is 62.7 Å². The van der Waals surface area contributed by atoms with E-state index in [0.29, 0.717) is 0 Å². The molecular weight excluding hydrogens is 350 g/mol. The molecule has 0 aromatic heterocycles. The van der Waals surface area contributed by atoms with Gasteiger partial charge < -0.3 is 4.74 Å². The van der Waals surface area contributed by atoms with Crippen molar-refractivity contribution in [3.8, 4) is 0 Å². The van der Waals surface area contributed by atoms with Crippen LogP contribution in [-0.2, 0) is 31.6 Å². The van der Waals surface area contributed by atoms with E-state index in [2.05, 4.69) is 25.5 Å². The van der Waals surface area contributed by atoms with Gasteiger partial charge in [0.2, 0.25) is 10.0 Å². The van der Waals surface area contributed by atoms with Crippen molar-refractivity contribution >= 4 is 16.0 Å². The van der Waals surface area contributed by atoms with Gasteiger partial charge in [0.05, 0.1) is 4.90 Å². The highest BCUT2D eigenvalue weighted by Gasteiger charge is 2.16. The fourth-order valence-electron chi connectivity index (χ4n) is 2.27. The summed E-state index contributed by atoms with van der Waals surface area (Å²) in [5, 5.41) is 0. The molecule has 0 heterocycles. The molecule has 2 aromatic rings. The molecule has 5 nitrogen and oxygen atoms in total. The zero-order valence-electron chi connectivity index (χ0n) is 15.6. The van der Waals surface area contributed by atoms with Crippen molar-refractivity contribution in [2.24, 2.45) is 0 Å². The Kier molecular flexibility index (Phi) is 6.21. The lowest BCUT2D eigenvalue weighted by Crippen LogP contribution is -2.30. The molecule has 0 amide bonds. The van der Waals surface area contributed by atoms with E-state index in [-0.39, 0.29) is 16.9 Å². The van der Waals surface area contributed by atoms with E-state index in [4.69, 9.17) is 4.74 Å². The summed E-state index contributed by atoms with van der Waals surface area (Å²) in [6.45, 7) is 7.95. The summed E-state index contributed by atoms with van der Waals surface area (Å²) in [7, 11) is -3.73. The third kappa shape index (κ3) is 5.68. The molecule has 0 aliphatic rings. The van der Waals surface area contributed by atoms with Crippen LogP contribution in [0.2, 0.25) is 0 Å². The van der Waals surface area contributed by atoms with E-state index >= 15 is 0 Å². The zero-order chi connectivity index (χ0) is 19.4. The first-order chi connectivity index (χ1) is 12.1.